The maximum absolute atomic E-state index is 12.4. The zero-order valence-electron chi connectivity index (χ0n) is 10.2. The molecule has 0 aromatic heterocycles. The number of carbonyl (C=O) groups is 1. The van der Waals surface area contributed by atoms with Gasteiger partial charge in [-0.2, -0.15) is 0 Å². The number of nitro groups is 2. The summed E-state index contributed by atoms with van der Waals surface area (Å²) < 4.78 is 12.4. The van der Waals surface area contributed by atoms with Crippen LogP contribution in [-0.2, 0) is 16.0 Å². The summed E-state index contributed by atoms with van der Waals surface area (Å²) in [4.78, 5) is 32.2. The van der Waals surface area contributed by atoms with Gasteiger partial charge < -0.3 is 4.55 Å². The lowest BCUT2D eigenvalue weighted by molar-refractivity contribution is -0.419. The van der Waals surface area contributed by atoms with Crippen LogP contribution in [0.3, 0.4) is 0 Å². The highest BCUT2D eigenvalue weighted by Gasteiger charge is 2.47. The van der Waals surface area contributed by atoms with E-state index in [4.69, 9.17) is 0 Å². The van der Waals surface area contributed by atoms with Crippen LogP contribution >= 0.6 is 0 Å². The minimum absolute atomic E-state index is 0.0553. The molecule has 8 nitrogen and oxygen atoms in total. The molecule has 0 saturated carbocycles. The quantitative estimate of drug-likeness (QED) is 0.421. The highest BCUT2D eigenvalue weighted by Crippen LogP contribution is 2.43. The monoisotopic (exact) mass is 306 g/mol. The Balaban J connectivity index is 2.12. The number of hydrogen-bond donors (Lipinski definition) is 0. The molecular weight excluding hydrogens is 300 g/mol. The third-order valence-corrected chi connectivity index (χ3v) is 4.88. The Labute approximate surface area is 120 Å². The number of hydrogen-bond acceptors (Lipinski definition) is 6. The first kappa shape index (κ1) is 13.5. The highest BCUT2D eigenvalue weighted by molar-refractivity contribution is 7.97. The van der Waals surface area contributed by atoms with Gasteiger partial charge >= 0.3 is 0 Å². The highest BCUT2D eigenvalue weighted by atomic mass is 32.2. The lowest BCUT2D eigenvalue weighted by atomic mass is 9.94. The van der Waals surface area contributed by atoms with E-state index in [9.17, 15) is 29.6 Å². The predicted molar refractivity (Wildman–Crippen MR) is 71.3 cm³/mol. The minimum Gasteiger partial charge on any atom is -0.611 e. The van der Waals surface area contributed by atoms with E-state index in [0.29, 0.717) is 5.57 Å². The van der Waals surface area contributed by atoms with Gasteiger partial charge in [0, 0.05) is 11.6 Å². The van der Waals surface area contributed by atoms with Crippen molar-refractivity contribution in [1.82, 2.24) is 0 Å². The van der Waals surface area contributed by atoms with Crippen LogP contribution in [0.25, 0.3) is 0 Å². The molecule has 2 atom stereocenters. The topological polar surface area (TPSA) is 126 Å². The van der Waals surface area contributed by atoms with Crippen molar-refractivity contribution in [2.75, 3.05) is 0 Å². The molecule has 0 aromatic rings. The summed E-state index contributed by atoms with van der Waals surface area (Å²) in [5.74, 6) is -0.604. The summed E-state index contributed by atoms with van der Waals surface area (Å²) in [6, 6.07) is 0. The van der Waals surface area contributed by atoms with Crippen LogP contribution in [0.5, 0.6) is 0 Å². The molecule has 9 heteroatoms. The number of ketones is 1. The number of nitrogens with zero attached hydrogens (tertiary/aromatic N) is 2. The standard InChI is InChI=1S/C12H6N2O6S/c15-9-3-7(14(18)19)5-11-12(9)8-2-1-6(13(16)17)4-10(8)21(11)20/h1-5,10H. The summed E-state index contributed by atoms with van der Waals surface area (Å²) in [6.45, 7) is 0. The van der Waals surface area contributed by atoms with Crippen LogP contribution in [0, 0.1) is 20.2 Å². The van der Waals surface area contributed by atoms with E-state index in [1.807, 2.05) is 0 Å². The fraction of sp³-hybridized carbons (Fsp3) is 0.0833. The van der Waals surface area contributed by atoms with Gasteiger partial charge in [-0.1, -0.05) is 0 Å². The first-order chi connectivity index (χ1) is 9.90. The summed E-state index contributed by atoms with van der Waals surface area (Å²) in [5.41, 5.74) is -0.117. The molecule has 0 amide bonds. The second-order valence-corrected chi connectivity index (χ2v) is 5.97. The van der Waals surface area contributed by atoms with E-state index in [0.717, 1.165) is 12.2 Å². The Morgan fingerprint density at radius 3 is 2.33 bits per heavy atom. The Morgan fingerprint density at radius 1 is 1.05 bits per heavy atom. The van der Waals surface area contributed by atoms with Crippen molar-refractivity contribution in [3.8, 4) is 0 Å². The normalized spacial score (nSPS) is 26.7. The van der Waals surface area contributed by atoms with Crippen LogP contribution in [0.1, 0.15) is 0 Å². The van der Waals surface area contributed by atoms with Crippen LogP contribution in [0.15, 0.2) is 57.8 Å². The average molecular weight is 306 g/mol. The second kappa shape index (κ2) is 4.50. The SMILES string of the molecule is O=C1C=C([N+](=O)[O-])C=C2C1=C1C=CC([N+](=O)[O-])=CC1[S+]2[O-]. The second-order valence-electron chi connectivity index (χ2n) is 4.43. The third kappa shape index (κ3) is 1.94. The third-order valence-electron chi connectivity index (χ3n) is 3.27. The summed E-state index contributed by atoms with van der Waals surface area (Å²) >= 11 is -1.76. The van der Waals surface area contributed by atoms with Crippen molar-refractivity contribution in [2.24, 2.45) is 0 Å². The van der Waals surface area contributed by atoms with Gasteiger partial charge in [-0.15, -0.1) is 0 Å². The number of rotatable bonds is 2. The Bertz CT molecular complexity index is 758. The van der Waals surface area contributed by atoms with Crippen LogP contribution in [0.2, 0.25) is 0 Å². The smallest absolute Gasteiger partial charge is 0.278 e. The molecule has 3 rings (SSSR count). The molecule has 106 valence electrons. The molecule has 2 aliphatic carbocycles. The fourth-order valence-electron chi connectivity index (χ4n) is 2.36. The molecule has 0 bridgehead atoms. The van der Waals surface area contributed by atoms with Gasteiger partial charge in [0.2, 0.25) is 0 Å². The first-order valence-electron chi connectivity index (χ1n) is 5.71. The van der Waals surface area contributed by atoms with Gasteiger partial charge in [0.1, 0.15) is 0 Å². The molecular formula is C12H6N2O6S. The van der Waals surface area contributed by atoms with Crippen LogP contribution in [0.4, 0.5) is 0 Å². The Morgan fingerprint density at radius 2 is 1.71 bits per heavy atom. The van der Waals surface area contributed by atoms with Gasteiger partial charge in [0.05, 0.1) is 33.6 Å². The molecule has 0 N–H and O–H groups in total. The summed E-state index contributed by atoms with van der Waals surface area (Å²) in [5, 5.41) is 20.7. The van der Waals surface area contributed by atoms with Crippen molar-refractivity contribution >= 4 is 17.0 Å². The average Bonchev–Trinajstić information content (AvgIpc) is 2.72. The van der Waals surface area contributed by atoms with Crippen molar-refractivity contribution < 1.29 is 19.2 Å². The maximum Gasteiger partial charge on any atom is 0.278 e. The molecule has 0 aromatic carbocycles. The Kier molecular flexibility index (Phi) is 2.88. The largest absolute Gasteiger partial charge is 0.611 e. The van der Waals surface area contributed by atoms with Crippen LogP contribution in [-0.4, -0.2) is 25.4 Å². The summed E-state index contributed by atoms with van der Waals surface area (Å²) in [6.07, 6.45) is 5.76. The fourth-order valence-corrected chi connectivity index (χ4v) is 3.98. The predicted octanol–water partition coefficient (Wildman–Crippen LogP) is 0.771. The number of carbonyl (C=O) groups excluding carboxylic acids is 1. The lowest BCUT2D eigenvalue weighted by Crippen LogP contribution is -2.20. The van der Waals surface area contributed by atoms with Gasteiger partial charge in [-0.3, -0.25) is 25.0 Å². The molecule has 0 radical (unpaired) electrons. The van der Waals surface area contributed by atoms with Crippen LogP contribution < -0.4 is 0 Å². The number of fused-ring (bicyclic) bond motifs is 2. The molecule has 0 spiro atoms. The van der Waals surface area contributed by atoms with Gasteiger partial charge in [0.15, 0.2) is 15.9 Å². The molecule has 0 fully saturated rings. The molecule has 0 saturated heterocycles. The van der Waals surface area contributed by atoms with Crippen molar-refractivity contribution in [3.63, 3.8) is 0 Å². The van der Waals surface area contributed by atoms with Crippen molar-refractivity contribution in [3.05, 3.63) is 78.1 Å². The molecule has 3 aliphatic rings. The molecule has 1 heterocycles. The zero-order valence-corrected chi connectivity index (χ0v) is 11.0. The van der Waals surface area contributed by atoms with Gasteiger partial charge in [0.25, 0.3) is 11.4 Å². The van der Waals surface area contributed by atoms with E-state index in [2.05, 4.69) is 0 Å². The van der Waals surface area contributed by atoms with Gasteiger partial charge in [-0.25, -0.2) is 0 Å². The maximum atomic E-state index is 12.4. The van der Waals surface area contributed by atoms with E-state index in [1.165, 1.54) is 18.2 Å². The van der Waals surface area contributed by atoms with E-state index < -0.39 is 37.8 Å². The van der Waals surface area contributed by atoms with E-state index in [-0.39, 0.29) is 16.2 Å². The number of allylic oxidation sites excluding steroid dienone is 5. The van der Waals surface area contributed by atoms with Crippen molar-refractivity contribution in [1.29, 1.82) is 0 Å². The molecule has 21 heavy (non-hydrogen) atoms. The lowest BCUT2D eigenvalue weighted by Gasteiger charge is -2.14. The van der Waals surface area contributed by atoms with Gasteiger partial charge in [-0.05, 0) is 17.3 Å². The van der Waals surface area contributed by atoms with Crippen molar-refractivity contribution in [2.45, 2.75) is 5.25 Å². The van der Waals surface area contributed by atoms with E-state index in [1.54, 1.807) is 0 Å². The van der Waals surface area contributed by atoms with E-state index >= 15 is 0 Å². The summed E-state index contributed by atoms with van der Waals surface area (Å²) in [7, 11) is 0. The first-order valence-corrected chi connectivity index (χ1v) is 6.93. The Hall–Kier alpha value is -2.52. The zero-order chi connectivity index (χ0) is 15.3. The molecule has 2 unspecified atom stereocenters. The minimum atomic E-state index is -1.76. The molecule has 1 aliphatic heterocycles.